The standard InChI is InChI=1S/C11H13NO4/c1-11(2,3)7-4-5-8(10(13)14)9(6-7)12(15)16/h4-6H,1-3H3,(H,13,14)/p-1. The molecule has 0 radical (unpaired) electrons. The van der Waals surface area contributed by atoms with Crippen LogP contribution in [0, 0.1) is 10.1 Å². The highest BCUT2D eigenvalue weighted by Crippen LogP contribution is 2.28. The average Bonchev–Trinajstić information content (AvgIpc) is 2.15. The Morgan fingerprint density at radius 1 is 1.31 bits per heavy atom. The minimum absolute atomic E-state index is 0.269. The molecule has 1 rings (SSSR count). The van der Waals surface area contributed by atoms with E-state index in [0.717, 1.165) is 0 Å². The van der Waals surface area contributed by atoms with Crippen molar-refractivity contribution in [3.8, 4) is 0 Å². The molecule has 0 fully saturated rings. The molecule has 1 aromatic rings. The van der Waals surface area contributed by atoms with Crippen molar-refractivity contribution in [3.05, 3.63) is 39.4 Å². The molecule has 0 aromatic heterocycles. The smallest absolute Gasteiger partial charge is 0.278 e. The van der Waals surface area contributed by atoms with Crippen LogP contribution in [0.2, 0.25) is 0 Å². The van der Waals surface area contributed by atoms with Crippen molar-refractivity contribution in [2.75, 3.05) is 0 Å². The number of carboxylic acids is 1. The summed E-state index contributed by atoms with van der Waals surface area (Å²) in [5, 5.41) is 21.4. The third kappa shape index (κ3) is 2.36. The molecule has 0 aliphatic rings. The van der Waals surface area contributed by atoms with E-state index in [0.29, 0.717) is 5.56 Å². The molecule has 5 nitrogen and oxygen atoms in total. The van der Waals surface area contributed by atoms with Crippen LogP contribution in [0.15, 0.2) is 18.2 Å². The second-order valence-electron chi connectivity index (χ2n) is 4.53. The third-order valence-electron chi connectivity index (χ3n) is 2.28. The number of aromatic carboxylic acids is 1. The summed E-state index contributed by atoms with van der Waals surface area (Å²) in [5.41, 5.74) is -0.371. The van der Waals surface area contributed by atoms with Gasteiger partial charge in [0.2, 0.25) is 0 Å². The van der Waals surface area contributed by atoms with Gasteiger partial charge in [0.25, 0.3) is 5.69 Å². The normalized spacial score (nSPS) is 11.2. The van der Waals surface area contributed by atoms with Crippen molar-refractivity contribution in [1.82, 2.24) is 0 Å². The molecular formula is C11H12NO4-. The van der Waals surface area contributed by atoms with Crippen LogP contribution in [0.1, 0.15) is 36.7 Å². The van der Waals surface area contributed by atoms with Crippen molar-refractivity contribution in [3.63, 3.8) is 0 Å². The van der Waals surface area contributed by atoms with Gasteiger partial charge in [0.15, 0.2) is 0 Å². The summed E-state index contributed by atoms with van der Waals surface area (Å²) in [6.07, 6.45) is 0. The molecular weight excluding hydrogens is 210 g/mol. The van der Waals surface area contributed by atoms with E-state index in [-0.39, 0.29) is 5.41 Å². The summed E-state index contributed by atoms with van der Waals surface area (Å²) in [7, 11) is 0. The van der Waals surface area contributed by atoms with Gasteiger partial charge in [-0.3, -0.25) is 10.1 Å². The highest BCUT2D eigenvalue weighted by Gasteiger charge is 2.20. The zero-order valence-electron chi connectivity index (χ0n) is 9.31. The van der Waals surface area contributed by atoms with Crippen LogP contribution in [-0.4, -0.2) is 10.9 Å². The number of hydrogen-bond acceptors (Lipinski definition) is 4. The Bertz CT molecular complexity index is 446. The Morgan fingerprint density at radius 3 is 2.25 bits per heavy atom. The largest absolute Gasteiger partial charge is 0.545 e. The van der Waals surface area contributed by atoms with Gasteiger partial charge in [-0.05, 0) is 17.0 Å². The van der Waals surface area contributed by atoms with Gasteiger partial charge in [-0.2, -0.15) is 0 Å². The van der Waals surface area contributed by atoms with E-state index in [1.807, 2.05) is 20.8 Å². The van der Waals surface area contributed by atoms with Crippen molar-refractivity contribution >= 4 is 11.7 Å². The predicted molar refractivity (Wildman–Crippen MR) is 56.1 cm³/mol. The van der Waals surface area contributed by atoms with Crippen LogP contribution in [0.4, 0.5) is 5.69 Å². The third-order valence-corrected chi connectivity index (χ3v) is 2.28. The van der Waals surface area contributed by atoms with Crippen LogP contribution < -0.4 is 5.11 Å². The quantitative estimate of drug-likeness (QED) is 0.557. The van der Waals surface area contributed by atoms with Crippen molar-refractivity contribution < 1.29 is 14.8 Å². The zero-order valence-corrected chi connectivity index (χ0v) is 9.31. The molecule has 0 spiro atoms. The summed E-state index contributed by atoms with van der Waals surface area (Å²) in [4.78, 5) is 20.7. The fraction of sp³-hybridized carbons (Fsp3) is 0.364. The highest BCUT2D eigenvalue weighted by molar-refractivity contribution is 5.90. The van der Waals surface area contributed by atoms with E-state index < -0.39 is 22.1 Å². The lowest BCUT2D eigenvalue weighted by atomic mass is 9.86. The second kappa shape index (κ2) is 3.92. The molecule has 0 unspecified atom stereocenters. The van der Waals surface area contributed by atoms with Gasteiger partial charge >= 0.3 is 0 Å². The minimum atomic E-state index is -1.54. The Balaban J connectivity index is 3.40. The molecule has 16 heavy (non-hydrogen) atoms. The predicted octanol–water partition coefficient (Wildman–Crippen LogP) is 1.26. The first-order valence-electron chi connectivity index (χ1n) is 4.74. The van der Waals surface area contributed by atoms with Gasteiger partial charge in [0, 0.05) is 6.07 Å². The summed E-state index contributed by atoms with van der Waals surface area (Å²) < 4.78 is 0. The van der Waals surface area contributed by atoms with Crippen molar-refractivity contribution in [2.45, 2.75) is 26.2 Å². The van der Waals surface area contributed by atoms with E-state index in [9.17, 15) is 20.0 Å². The van der Waals surface area contributed by atoms with E-state index in [1.165, 1.54) is 12.1 Å². The second-order valence-corrected chi connectivity index (χ2v) is 4.53. The maximum Gasteiger partial charge on any atom is 0.278 e. The summed E-state index contributed by atoms with van der Waals surface area (Å²) in [5.74, 6) is -1.54. The first-order valence-corrected chi connectivity index (χ1v) is 4.74. The van der Waals surface area contributed by atoms with Gasteiger partial charge < -0.3 is 9.90 Å². The fourth-order valence-corrected chi connectivity index (χ4v) is 1.32. The highest BCUT2D eigenvalue weighted by atomic mass is 16.6. The molecule has 0 aliphatic carbocycles. The molecule has 0 heterocycles. The van der Waals surface area contributed by atoms with Gasteiger partial charge in [-0.1, -0.05) is 26.8 Å². The Hall–Kier alpha value is -1.91. The van der Waals surface area contributed by atoms with E-state index in [4.69, 9.17) is 0 Å². The lowest BCUT2D eigenvalue weighted by Gasteiger charge is -2.19. The molecule has 0 N–H and O–H groups in total. The lowest BCUT2D eigenvalue weighted by molar-refractivity contribution is -0.385. The molecule has 0 saturated carbocycles. The molecule has 5 heteroatoms. The monoisotopic (exact) mass is 222 g/mol. The number of nitrogens with zero attached hydrogens (tertiary/aromatic N) is 1. The molecule has 1 aromatic carbocycles. The van der Waals surface area contributed by atoms with Crippen LogP contribution in [0.25, 0.3) is 0 Å². The van der Waals surface area contributed by atoms with Gasteiger partial charge in [-0.25, -0.2) is 0 Å². The number of nitro groups is 1. The Morgan fingerprint density at radius 2 is 1.88 bits per heavy atom. The number of carbonyl (C=O) groups is 1. The molecule has 0 aliphatic heterocycles. The van der Waals surface area contributed by atoms with Crippen molar-refractivity contribution in [1.29, 1.82) is 0 Å². The number of benzene rings is 1. The topological polar surface area (TPSA) is 83.3 Å². The summed E-state index contributed by atoms with van der Waals surface area (Å²) in [6, 6.07) is 4.07. The first-order chi connectivity index (χ1) is 7.23. The molecule has 86 valence electrons. The minimum Gasteiger partial charge on any atom is -0.545 e. The van der Waals surface area contributed by atoms with Crippen LogP contribution in [-0.2, 0) is 5.41 Å². The lowest BCUT2D eigenvalue weighted by Crippen LogP contribution is -2.24. The number of hydrogen-bond donors (Lipinski definition) is 0. The SMILES string of the molecule is CC(C)(C)c1ccc(C(=O)[O-])c([N+](=O)[O-])c1. The first kappa shape index (κ1) is 12.2. The summed E-state index contributed by atoms with van der Waals surface area (Å²) >= 11 is 0. The molecule has 0 atom stereocenters. The maximum atomic E-state index is 10.7. The molecule has 0 bridgehead atoms. The molecule has 0 amide bonds. The maximum absolute atomic E-state index is 10.7. The van der Waals surface area contributed by atoms with Crippen LogP contribution in [0.3, 0.4) is 0 Å². The Labute approximate surface area is 92.9 Å². The van der Waals surface area contributed by atoms with Crippen LogP contribution >= 0.6 is 0 Å². The number of carbonyl (C=O) groups excluding carboxylic acids is 1. The van der Waals surface area contributed by atoms with E-state index in [1.54, 1.807) is 6.07 Å². The number of nitro benzene ring substituents is 1. The van der Waals surface area contributed by atoms with Gasteiger partial charge in [0.05, 0.1) is 16.5 Å². The van der Waals surface area contributed by atoms with Crippen molar-refractivity contribution in [2.24, 2.45) is 0 Å². The average molecular weight is 222 g/mol. The number of carboxylic acid groups (broad SMARTS) is 1. The van der Waals surface area contributed by atoms with E-state index >= 15 is 0 Å². The summed E-state index contributed by atoms with van der Waals surface area (Å²) in [6.45, 7) is 5.68. The molecule has 0 saturated heterocycles. The Kier molecular flexibility index (Phi) is 2.98. The number of rotatable bonds is 2. The van der Waals surface area contributed by atoms with Gasteiger partial charge in [0.1, 0.15) is 0 Å². The van der Waals surface area contributed by atoms with Gasteiger partial charge in [-0.15, -0.1) is 0 Å². The van der Waals surface area contributed by atoms with Crippen LogP contribution in [0.5, 0.6) is 0 Å². The zero-order chi connectivity index (χ0) is 12.5. The fourth-order valence-electron chi connectivity index (χ4n) is 1.32. The van der Waals surface area contributed by atoms with E-state index in [2.05, 4.69) is 0 Å².